The van der Waals surface area contributed by atoms with Gasteiger partial charge in [0.2, 0.25) is 0 Å². The summed E-state index contributed by atoms with van der Waals surface area (Å²) in [6, 6.07) is 9.95. The molecule has 0 aliphatic carbocycles. The fourth-order valence-corrected chi connectivity index (χ4v) is 5.24. The van der Waals surface area contributed by atoms with Crippen LogP contribution < -0.4 is 10.2 Å². The van der Waals surface area contributed by atoms with Crippen molar-refractivity contribution in [2.45, 2.75) is 44.8 Å². The minimum atomic E-state index is -0.120. The van der Waals surface area contributed by atoms with Crippen LogP contribution in [0.1, 0.15) is 56.1 Å². The summed E-state index contributed by atoms with van der Waals surface area (Å²) in [5.41, 5.74) is 5.40. The van der Waals surface area contributed by atoms with Gasteiger partial charge >= 0.3 is 0 Å². The topological polar surface area (TPSA) is 51.6 Å². The van der Waals surface area contributed by atoms with Crippen LogP contribution in [-0.2, 0) is 0 Å². The molecule has 2 unspecified atom stereocenters. The van der Waals surface area contributed by atoms with Gasteiger partial charge < -0.3 is 20.2 Å². The molecule has 3 heterocycles. The summed E-state index contributed by atoms with van der Waals surface area (Å²) >= 11 is 12.6. The molecule has 1 saturated heterocycles. The summed E-state index contributed by atoms with van der Waals surface area (Å²) in [5, 5.41) is 14.3. The first-order chi connectivity index (χ1) is 14.7. The highest BCUT2D eigenvalue weighted by molar-refractivity contribution is 7.80. The van der Waals surface area contributed by atoms with Gasteiger partial charge in [0, 0.05) is 42.7 Å². The van der Waals surface area contributed by atoms with Crippen molar-refractivity contribution in [3.05, 3.63) is 64.4 Å². The number of hydrogen-bond acceptors (Lipinski definition) is 4. The summed E-state index contributed by atoms with van der Waals surface area (Å²) in [4.78, 5) is 8.99. The number of allylic oxidation sites excluding steroid dienone is 1. The molecule has 5 nitrogen and oxygen atoms in total. The van der Waals surface area contributed by atoms with Gasteiger partial charge in [0.1, 0.15) is 0 Å². The third-order valence-electron chi connectivity index (χ3n) is 6.41. The highest BCUT2D eigenvalue weighted by atomic mass is 35.5. The number of pyridine rings is 1. The minimum absolute atomic E-state index is 0.0813. The van der Waals surface area contributed by atoms with E-state index < -0.39 is 0 Å². The van der Waals surface area contributed by atoms with E-state index in [1.807, 2.05) is 18.2 Å². The van der Waals surface area contributed by atoms with Crippen LogP contribution in [0.25, 0.3) is 5.57 Å². The Balaban J connectivity index is 1.84. The van der Waals surface area contributed by atoms with E-state index in [1.165, 1.54) is 11.1 Å². The highest BCUT2D eigenvalue weighted by Gasteiger charge is 2.41. The van der Waals surface area contributed by atoms with Crippen molar-refractivity contribution >= 4 is 40.2 Å². The number of nitrogens with zero attached hydrogens (tertiary/aromatic N) is 3. The molecular formula is C24H29ClN4OS. The van der Waals surface area contributed by atoms with Crippen LogP contribution in [0.2, 0.25) is 5.02 Å². The van der Waals surface area contributed by atoms with Gasteiger partial charge in [-0.15, -0.1) is 0 Å². The SMILES string of the molecule is CC1=CC(C)(C)N(C)c2cc(Cl)c(C3C(c4ccccn4)NC(=S)N3CCCO)cc21. The second-order valence-electron chi connectivity index (χ2n) is 8.83. The first-order valence-corrected chi connectivity index (χ1v) is 11.4. The molecule has 31 heavy (non-hydrogen) atoms. The predicted octanol–water partition coefficient (Wildman–Crippen LogP) is 4.72. The monoisotopic (exact) mass is 456 g/mol. The number of thiocarbonyl (C=S) groups is 1. The second-order valence-corrected chi connectivity index (χ2v) is 9.62. The van der Waals surface area contributed by atoms with Crippen molar-refractivity contribution in [3.63, 3.8) is 0 Å². The molecule has 0 bridgehead atoms. The van der Waals surface area contributed by atoms with Crippen molar-refractivity contribution in [1.29, 1.82) is 0 Å². The van der Waals surface area contributed by atoms with Gasteiger partial charge in [-0.3, -0.25) is 4.98 Å². The van der Waals surface area contributed by atoms with Crippen LogP contribution in [0.15, 0.2) is 42.6 Å². The predicted molar refractivity (Wildman–Crippen MR) is 131 cm³/mol. The molecule has 164 valence electrons. The maximum Gasteiger partial charge on any atom is 0.170 e. The number of likely N-dealkylation sites (N-methyl/N-ethyl adjacent to an activating group) is 1. The molecule has 1 aromatic heterocycles. The molecule has 2 aliphatic rings. The average molecular weight is 457 g/mol. The van der Waals surface area contributed by atoms with E-state index in [9.17, 15) is 5.11 Å². The zero-order valence-electron chi connectivity index (χ0n) is 18.4. The number of fused-ring (bicyclic) bond motifs is 1. The summed E-state index contributed by atoms with van der Waals surface area (Å²) in [6.45, 7) is 7.32. The average Bonchev–Trinajstić information content (AvgIpc) is 3.06. The third kappa shape index (κ3) is 3.93. The van der Waals surface area contributed by atoms with E-state index in [0.29, 0.717) is 23.1 Å². The lowest BCUT2D eigenvalue weighted by Crippen LogP contribution is -2.42. The van der Waals surface area contributed by atoms with E-state index in [0.717, 1.165) is 16.9 Å². The van der Waals surface area contributed by atoms with Gasteiger partial charge in [-0.1, -0.05) is 23.7 Å². The normalized spacial score (nSPS) is 22.3. The quantitative estimate of drug-likeness (QED) is 0.635. The standard InChI is InChI=1S/C24H29ClN4OS/c1-15-14-24(2,3)28(4)20-13-18(25)17(12-16(15)20)22-21(19-8-5-6-9-26-19)27-23(31)29(22)10-7-11-30/h5-6,8-9,12-14,21-22,30H,7,10-11H2,1-4H3,(H,27,31). The highest BCUT2D eigenvalue weighted by Crippen LogP contribution is 2.46. The van der Waals surface area contributed by atoms with Gasteiger partial charge in [0.05, 0.1) is 23.3 Å². The number of benzene rings is 1. The number of halogens is 1. The number of nitrogens with one attached hydrogen (secondary N) is 1. The minimum Gasteiger partial charge on any atom is -0.396 e. The lowest BCUT2D eigenvalue weighted by molar-refractivity contribution is 0.247. The van der Waals surface area contributed by atoms with Crippen LogP contribution in [0.3, 0.4) is 0 Å². The van der Waals surface area contributed by atoms with Crippen LogP contribution in [0.5, 0.6) is 0 Å². The Hall–Kier alpha value is -2.15. The van der Waals surface area contributed by atoms with Crippen LogP contribution in [0.4, 0.5) is 5.69 Å². The summed E-state index contributed by atoms with van der Waals surface area (Å²) in [7, 11) is 2.11. The van der Waals surface area contributed by atoms with Gasteiger partial charge in [0.25, 0.3) is 0 Å². The van der Waals surface area contributed by atoms with Crippen molar-refractivity contribution < 1.29 is 5.11 Å². The van der Waals surface area contributed by atoms with E-state index in [-0.39, 0.29) is 24.2 Å². The zero-order valence-corrected chi connectivity index (χ0v) is 20.0. The third-order valence-corrected chi connectivity index (χ3v) is 7.09. The maximum absolute atomic E-state index is 9.44. The Morgan fingerprint density at radius 2 is 2.06 bits per heavy atom. The van der Waals surface area contributed by atoms with Gasteiger partial charge in [-0.25, -0.2) is 0 Å². The Bertz CT molecular complexity index is 1020. The summed E-state index contributed by atoms with van der Waals surface area (Å²) in [6.07, 6.45) is 4.72. The Labute approximate surface area is 194 Å². The molecule has 4 rings (SSSR count). The number of aliphatic hydroxyl groups is 1. The molecule has 2 N–H and O–H groups in total. The molecular weight excluding hydrogens is 428 g/mol. The molecule has 2 aromatic rings. The fourth-order valence-electron chi connectivity index (χ4n) is 4.64. The molecule has 0 saturated carbocycles. The Morgan fingerprint density at radius 3 is 2.74 bits per heavy atom. The molecule has 2 atom stereocenters. The molecule has 2 aliphatic heterocycles. The summed E-state index contributed by atoms with van der Waals surface area (Å²) < 4.78 is 0. The first-order valence-electron chi connectivity index (χ1n) is 10.6. The lowest BCUT2D eigenvalue weighted by atomic mass is 9.86. The van der Waals surface area contributed by atoms with Crippen molar-refractivity contribution in [3.8, 4) is 0 Å². The zero-order chi connectivity index (χ0) is 22.3. The molecule has 0 spiro atoms. The smallest absolute Gasteiger partial charge is 0.170 e. The van der Waals surface area contributed by atoms with Gasteiger partial charge in [0.15, 0.2) is 5.11 Å². The molecule has 7 heteroatoms. The molecule has 0 radical (unpaired) electrons. The van der Waals surface area contributed by atoms with Gasteiger partial charge in [-0.2, -0.15) is 0 Å². The molecule has 0 amide bonds. The second kappa shape index (κ2) is 8.41. The van der Waals surface area contributed by atoms with Crippen molar-refractivity contribution in [1.82, 2.24) is 15.2 Å². The number of aromatic nitrogens is 1. The fraction of sp³-hybridized carbons (Fsp3) is 0.417. The van der Waals surface area contributed by atoms with E-state index in [4.69, 9.17) is 23.8 Å². The number of hydrogen-bond donors (Lipinski definition) is 2. The number of aliphatic hydroxyl groups excluding tert-OH is 1. The lowest BCUT2D eigenvalue weighted by Gasteiger charge is -2.41. The molecule has 1 aromatic carbocycles. The maximum atomic E-state index is 9.44. The van der Waals surface area contributed by atoms with Gasteiger partial charge in [-0.05, 0) is 74.8 Å². The van der Waals surface area contributed by atoms with Crippen LogP contribution in [-0.4, -0.2) is 45.8 Å². The number of anilines is 1. The molecule has 1 fully saturated rings. The number of rotatable bonds is 5. The summed E-state index contributed by atoms with van der Waals surface area (Å²) in [5.74, 6) is 0. The Morgan fingerprint density at radius 1 is 1.29 bits per heavy atom. The largest absolute Gasteiger partial charge is 0.396 e. The van der Waals surface area contributed by atoms with E-state index >= 15 is 0 Å². The van der Waals surface area contributed by atoms with Crippen molar-refractivity contribution in [2.24, 2.45) is 0 Å². The van der Waals surface area contributed by atoms with Crippen LogP contribution in [0, 0.1) is 0 Å². The van der Waals surface area contributed by atoms with Crippen molar-refractivity contribution in [2.75, 3.05) is 25.1 Å². The van der Waals surface area contributed by atoms with E-state index in [2.05, 4.69) is 66.1 Å². The van der Waals surface area contributed by atoms with Crippen LogP contribution >= 0.6 is 23.8 Å². The first kappa shape index (κ1) is 22.1. The van der Waals surface area contributed by atoms with E-state index in [1.54, 1.807) is 6.20 Å². The Kier molecular flexibility index (Phi) is 5.99.